The number of imidazole rings is 1. The maximum Gasteiger partial charge on any atom is 3.00 e. The first-order chi connectivity index (χ1) is 38.8. The third-order valence-electron chi connectivity index (χ3n) is 14.8. The number of nitrogens with zero attached hydrogens (tertiary/aromatic N) is 4. The molecule has 0 aliphatic heterocycles. The molecule has 0 bridgehead atoms. The van der Waals surface area contributed by atoms with Gasteiger partial charge in [0.15, 0.2) is 0 Å². The van der Waals surface area contributed by atoms with E-state index in [1.54, 1.807) is 0 Å². The monoisotopic (exact) mass is 1220 g/mol. The van der Waals surface area contributed by atoms with Gasteiger partial charge in [0.2, 0.25) is 0 Å². The van der Waals surface area contributed by atoms with Gasteiger partial charge in [0.25, 0.3) is 0 Å². The fourth-order valence-corrected chi connectivity index (χ4v) is 10.8. The Bertz CT molecular complexity index is 4100. The summed E-state index contributed by atoms with van der Waals surface area (Å²) in [5, 5.41) is 7.08. The molecule has 4 aromatic heterocycles. The van der Waals surface area contributed by atoms with Gasteiger partial charge in [-0.15, -0.1) is 89.5 Å². The molecule has 4 heterocycles. The first-order valence-corrected chi connectivity index (χ1v) is 27.3. The smallest absolute Gasteiger partial charge is 0.501 e. The fourth-order valence-electron chi connectivity index (χ4n) is 10.8. The van der Waals surface area contributed by atoms with Gasteiger partial charge in [0.05, 0.1) is 11.4 Å². The Balaban J connectivity index is 0.000000167. The molecule has 0 aliphatic rings. The van der Waals surface area contributed by atoms with E-state index in [1.807, 2.05) is 85.3 Å². The largest absolute Gasteiger partial charge is 3.00 e. The summed E-state index contributed by atoms with van der Waals surface area (Å²) < 4.78 is 15.1. The number of rotatable bonds is 14. The van der Waals surface area contributed by atoms with Crippen molar-refractivity contribution >= 4 is 43.5 Å². The molecule has 0 spiro atoms. The summed E-state index contributed by atoms with van der Waals surface area (Å²) in [5.41, 5.74) is 15.4. The first kappa shape index (κ1) is 53.3. The van der Waals surface area contributed by atoms with Crippen LogP contribution in [0, 0.1) is 18.2 Å². The van der Waals surface area contributed by atoms with Gasteiger partial charge in [-0.1, -0.05) is 141 Å². The zero-order chi connectivity index (χ0) is 53.7. The Labute approximate surface area is 482 Å². The van der Waals surface area contributed by atoms with Crippen LogP contribution in [0.4, 0.5) is 0 Å². The molecule has 80 heavy (non-hydrogen) atoms. The average molecular weight is 1220 g/mol. The van der Waals surface area contributed by atoms with Gasteiger partial charge in [-0.3, -0.25) is 4.98 Å². The van der Waals surface area contributed by atoms with Crippen LogP contribution in [-0.4, -0.2) is 19.5 Å². The third kappa shape index (κ3) is 11.5. The summed E-state index contributed by atoms with van der Waals surface area (Å²) in [6.07, 6.45) is 11.4. The molecule has 0 radical (unpaired) electrons. The molecular weight excluding hydrogens is 1160 g/mol. The number of pyridine rings is 2. The second-order valence-corrected chi connectivity index (χ2v) is 20.8. The summed E-state index contributed by atoms with van der Waals surface area (Å²) in [5.74, 6) is 3.32. The minimum atomic E-state index is 0. The maximum atomic E-state index is 6.63. The molecule has 0 saturated carbocycles. The summed E-state index contributed by atoms with van der Waals surface area (Å²) in [6, 6.07) is 79.4. The van der Waals surface area contributed by atoms with Crippen LogP contribution in [0.2, 0.25) is 0 Å². The molecule has 7 heteroatoms. The number of hydrogen-bond acceptors (Lipinski definition) is 5. The average Bonchev–Trinajstić information content (AvgIpc) is 4.19. The number of ether oxygens (including phenoxy) is 1. The van der Waals surface area contributed by atoms with Crippen molar-refractivity contribution in [2.75, 3.05) is 0 Å². The molecule has 0 saturated heterocycles. The van der Waals surface area contributed by atoms with Gasteiger partial charge in [-0.05, 0) is 141 Å². The van der Waals surface area contributed by atoms with E-state index in [-0.39, 0.29) is 20.1 Å². The Hall–Kier alpha value is -8.74. The molecule has 0 atom stereocenters. The van der Waals surface area contributed by atoms with E-state index < -0.39 is 0 Å². The SMILES string of the molecule is CC(C)c1cccc(C(C)C)c1-n1ccnc1-c1[c-]ccc2c1oc1cc3c(ccc4ccccc43)cc12.[Ir+3].[c-]1ccccc1-c1cc(CCc2cccc(Oc3cccc(CCc4cc[c-]c(-c5ccccn5)c4)c3)c2)ccn1. The molecule has 6 nitrogen and oxygen atoms in total. The van der Waals surface area contributed by atoms with E-state index in [1.165, 1.54) is 60.6 Å². The van der Waals surface area contributed by atoms with Gasteiger partial charge in [-0.2, -0.15) is 0 Å². The van der Waals surface area contributed by atoms with Crippen molar-refractivity contribution in [3.8, 4) is 51.1 Å². The van der Waals surface area contributed by atoms with Crippen LogP contribution in [0.5, 0.6) is 11.5 Å². The number of hydrogen-bond donors (Lipinski definition) is 0. The van der Waals surface area contributed by atoms with E-state index in [0.717, 1.165) is 93.0 Å². The Morgan fingerprint density at radius 1 is 0.463 bits per heavy atom. The summed E-state index contributed by atoms with van der Waals surface area (Å²) in [7, 11) is 0. The fraction of sp³-hybridized carbons (Fsp3) is 0.137. The van der Waals surface area contributed by atoms with Gasteiger partial charge >= 0.3 is 20.1 Å². The molecule has 13 aromatic rings. The Morgan fingerprint density at radius 2 is 1.12 bits per heavy atom. The molecule has 0 amide bonds. The van der Waals surface area contributed by atoms with E-state index in [9.17, 15) is 0 Å². The van der Waals surface area contributed by atoms with Crippen LogP contribution in [-0.2, 0) is 45.8 Å². The van der Waals surface area contributed by atoms with Crippen LogP contribution >= 0.6 is 0 Å². The van der Waals surface area contributed by atoms with Crippen LogP contribution < -0.4 is 4.74 Å². The molecule has 0 fully saturated rings. The zero-order valence-electron chi connectivity index (χ0n) is 45.3. The molecule has 13 rings (SSSR count). The minimum absolute atomic E-state index is 0. The first-order valence-electron chi connectivity index (χ1n) is 27.3. The van der Waals surface area contributed by atoms with Crippen LogP contribution in [0.1, 0.15) is 72.9 Å². The van der Waals surface area contributed by atoms with Crippen molar-refractivity contribution < 1.29 is 29.3 Å². The second kappa shape index (κ2) is 24.1. The topological polar surface area (TPSA) is 66.0 Å². The van der Waals surface area contributed by atoms with Crippen molar-refractivity contribution in [1.29, 1.82) is 0 Å². The summed E-state index contributed by atoms with van der Waals surface area (Å²) in [6.45, 7) is 9.00. The Morgan fingerprint density at radius 3 is 1.85 bits per heavy atom. The molecular formula is C73H59IrN4O2. The van der Waals surface area contributed by atoms with Crippen molar-refractivity contribution in [1.82, 2.24) is 19.5 Å². The van der Waals surface area contributed by atoms with Crippen molar-refractivity contribution in [3.05, 3.63) is 277 Å². The van der Waals surface area contributed by atoms with E-state index >= 15 is 0 Å². The maximum absolute atomic E-state index is 6.63. The normalized spacial score (nSPS) is 11.3. The van der Waals surface area contributed by atoms with Gasteiger partial charge in [0.1, 0.15) is 17.1 Å². The van der Waals surface area contributed by atoms with Crippen LogP contribution in [0.25, 0.3) is 83.1 Å². The van der Waals surface area contributed by atoms with Gasteiger partial charge in [-0.25, -0.2) is 0 Å². The number of furan rings is 1. The van der Waals surface area contributed by atoms with Crippen LogP contribution in [0.15, 0.2) is 229 Å². The minimum Gasteiger partial charge on any atom is -0.501 e. The van der Waals surface area contributed by atoms with Crippen LogP contribution in [0.3, 0.4) is 0 Å². The quantitative estimate of drug-likeness (QED) is 0.0802. The summed E-state index contributed by atoms with van der Waals surface area (Å²) in [4.78, 5) is 13.8. The zero-order valence-corrected chi connectivity index (χ0v) is 47.7. The molecule has 0 aliphatic carbocycles. The number of fused-ring (bicyclic) bond motifs is 6. The number of benzene rings is 9. The number of aryl methyl sites for hydroxylation is 4. The third-order valence-corrected chi connectivity index (χ3v) is 14.8. The number of aromatic nitrogens is 4. The van der Waals surface area contributed by atoms with Crippen molar-refractivity contribution in [3.63, 3.8) is 0 Å². The van der Waals surface area contributed by atoms with E-state index in [4.69, 9.17) is 14.1 Å². The predicted molar refractivity (Wildman–Crippen MR) is 323 cm³/mol. The van der Waals surface area contributed by atoms with E-state index in [0.29, 0.717) is 11.8 Å². The molecule has 0 N–H and O–H groups in total. The Kier molecular flexibility index (Phi) is 16.0. The van der Waals surface area contributed by atoms with E-state index in [2.05, 4.69) is 200 Å². The molecule has 392 valence electrons. The standard InChI is InChI=1S/C38H30N2O.C35H29N2O.Ir/c1-2-12-33(13-3-1)38-28-32(22-24-40-38)21-20-31-11-8-16-36(27-31)41-35-15-7-10-30(26-35)19-18-29-9-6-14-34(25-29)37-17-4-5-23-39-37;1-21(2)25-11-7-12-26(22(3)4)33(25)37-18-17-36-35(37)29-14-8-13-28-31-19-24-16-15-23-9-5-6-10-27(23)30(24)20-32(31)38-34(28)29;/h1-12,15-17,22-28H,18-21H2;5-13,15-22H,1-4H3;/q-2;-1;+3. The number of para-hydroxylation sites is 1. The van der Waals surface area contributed by atoms with Crippen molar-refractivity contribution in [2.45, 2.75) is 65.2 Å². The summed E-state index contributed by atoms with van der Waals surface area (Å²) >= 11 is 0. The van der Waals surface area contributed by atoms with Crippen molar-refractivity contribution in [2.24, 2.45) is 0 Å². The van der Waals surface area contributed by atoms with Gasteiger partial charge < -0.3 is 23.7 Å². The molecule has 9 aromatic carbocycles. The molecule has 0 unspecified atom stereocenters. The van der Waals surface area contributed by atoms with Gasteiger partial charge in [0, 0.05) is 35.9 Å². The predicted octanol–water partition coefficient (Wildman–Crippen LogP) is 18.6. The second-order valence-electron chi connectivity index (χ2n) is 20.8.